The van der Waals surface area contributed by atoms with Crippen LogP contribution in [0, 0.1) is 0 Å². The van der Waals surface area contributed by atoms with Gasteiger partial charge in [0.2, 0.25) is 11.8 Å². The van der Waals surface area contributed by atoms with Crippen molar-refractivity contribution in [2.45, 2.75) is 92.4 Å². The summed E-state index contributed by atoms with van der Waals surface area (Å²) in [6.45, 7) is 13.3. The SMILES string of the molecule is CCCn1cc(NC(=O)c2cc(NC(=O)CN)cn2CCC)cc1C(=O)NCCCN(C)C.CCCn1cc(NC(=O)c2cc(NC(=O)CN)cn2CCC)cc1C(=O)NCCCN(C)C.N.N.[Pt]. The van der Waals surface area contributed by atoms with Gasteiger partial charge in [0.25, 0.3) is 23.6 Å². The van der Waals surface area contributed by atoms with E-state index in [9.17, 15) is 28.8 Å². The Morgan fingerprint density at radius 1 is 0.464 bits per heavy atom. The van der Waals surface area contributed by atoms with Crippen molar-refractivity contribution in [3.05, 3.63) is 71.8 Å². The van der Waals surface area contributed by atoms with E-state index in [1.807, 2.05) is 65.0 Å². The van der Waals surface area contributed by atoms with Gasteiger partial charge in [0, 0.05) is 85.1 Å². The van der Waals surface area contributed by atoms with Crippen LogP contribution in [0.1, 0.15) is 108 Å². The third-order valence-corrected chi connectivity index (χ3v) is 9.96. The first kappa shape index (κ1) is 63.4. The molecular formula is C46H80N16O6Pt. The summed E-state index contributed by atoms with van der Waals surface area (Å²) in [6.07, 6.45) is 12.1. The molecule has 0 aliphatic heterocycles. The van der Waals surface area contributed by atoms with E-state index in [1.54, 1.807) is 58.2 Å². The van der Waals surface area contributed by atoms with Gasteiger partial charge in [-0.05, 0) is 104 Å². The van der Waals surface area contributed by atoms with Crippen molar-refractivity contribution in [2.24, 2.45) is 11.5 Å². The molecule has 6 amide bonds. The second-order valence-electron chi connectivity index (χ2n) is 16.5. The molecule has 4 heterocycles. The van der Waals surface area contributed by atoms with E-state index < -0.39 is 0 Å². The number of rotatable bonds is 26. The predicted molar refractivity (Wildman–Crippen MR) is 271 cm³/mol. The molecule has 0 unspecified atom stereocenters. The Morgan fingerprint density at radius 3 is 0.971 bits per heavy atom. The number of nitrogens with zero attached hydrogens (tertiary/aromatic N) is 6. The van der Waals surface area contributed by atoms with Gasteiger partial charge < -0.3 is 83.7 Å². The number of carbonyl (C=O) groups is 6. The van der Waals surface area contributed by atoms with Crippen LogP contribution < -0.4 is 55.7 Å². The first-order chi connectivity index (χ1) is 31.6. The van der Waals surface area contributed by atoms with Crippen LogP contribution in [0.4, 0.5) is 22.7 Å². The average Bonchev–Trinajstić information content (AvgIpc) is 4.07. The van der Waals surface area contributed by atoms with Crippen molar-refractivity contribution in [1.82, 2.24) is 51.0 Å². The number of hydrogen-bond donors (Lipinski definition) is 10. The molecule has 0 radical (unpaired) electrons. The quantitative estimate of drug-likeness (QED) is 0.0396. The zero-order valence-electron chi connectivity index (χ0n) is 42.0. The third-order valence-electron chi connectivity index (χ3n) is 9.96. The van der Waals surface area contributed by atoms with E-state index in [2.05, 4.69) is 41.7 Å². The summed E-state index contributed by atoms with van der Waals surface area (Å²) in [5, 5.41) is 17.0. The van der Waals surface area contributed by atoms with Crippen LogP contribution in [-0.2, 0) is 56.8 Å². The van der Waals surface area contributed by atoms with Gasteiger partial charge in [-0.25, -0.2) is 0 Å². The van der Waals surface area contributed by atoms with E-state index in [4.69, 9.17) is 11.5 Å². The Bertz CT molecular complexity index is 2060. The maximum Gasteiger partial charge on any atom is 0.272 e. The van der Waals surface area contributed by atoms with Crippen molar-refractivity contribution in [1.29, 1.82) is 0 Å². The molecule has 23 heteroatoms. The molecule has 0 aliphatic rings. The van der Waals surface area contributed by atoms with E-state index in [0.717, 1.165) is 51.6 Å². The number of anilines is 4. The monoisotopic (exact) mass is 1150 g/mol. The number of carbonyl (C=O) groups excluding carboxylic acids is 6. The minimum Gasteiger partial charge on any atom is -0.351 e. The van der Waals surface area contributed by atoms with Crippen LogP contribution in [0.2, 0.25) is 0 Å². The molecule has 22 nitrogen and oxygen atoms in total. The van der Waals surface area contributed by atoms with Crippen LogP contribution in [0.25, 0.3) is 0 Å². The van der Waals surface area contributed by atoms with Crippen LogP contribution in [-0.4, -0.2) is 131 Å². The Morgan fingerprint density at radius 2 is 0.725 bits per heavy atom. The summed E-state index contributed by atoms with van der Waals surface area (Å²) in [5.74, 6) is -1.61. The van der Waals surface area contributed by atoms with E-state index in [0.29, 0.717) is 84.8 Å². The average molecular weight is 1150 g/mol. The van der Waals surface area contributed by atoms with Crippen LogP contribution >= 0.6 is 0 Å². The first-order valence-corrected chi connectivity index (χ1v) is 22.9. The maximum absolute atomic E-state index is 13.0. The smallest absolute Gasteiger partial charge is 0.272 e. The van der Waals surface area contributed by atoms with Gasteiger partial charge in [-0.2, -0.15) is 0 Å². The predicted octanol–water partition coefficient (Wildman–Crippen LogP) is 4.20. The first-order valence-electron chi connectivity index (χ1n) is 22.9. The van der Waals surface area contributed by atoms with Crippen molar-refractivity contribution in [3.63, 3.8) is 0 Å². The summed E-state index contributed by atoms with van der Waals surface area (Å²) in [6, 6.07) is 6.64. The van der Waals surface area contributed by atoms with E-state index in [1.165, 1.54) is 0 Å². The maximum atomic E-state index is 13.0. The molecule has 69 heavy (non-hydrogen) atoms. The van der Waals surface area contributed by atoms with E-state index >= 15 is 0 Å². The summed E-state index contributed by atoms with van der Waals surface area (Å²) in [7, 11) is 7.98. The molecule has 0 aromatic carbocycles. The van der Waals surface area contributed by atoms with Crippen molar-refractivity contribution >= 4 is 58.2 Å². The van der Waals surface area contributed by atoms with Crippen molar-refractivity contribution in [3.8, 4) is 0 Å². The van der Waals surface area contributed by atoms with Gasteiger partial charge in [-0.3, -0.25) is 28.8 Å². The van der Waals surface area contributed by atoms with Gasteiger partial charge in [0.15, 0.2) is 0 Å². The topological polar surface area (TPSA) is 323 Å². The Balaban J connectivity index is 0.00000128. The zero-order chi connectivity index (χ0) is 48.8. The number of nitrogens with two attached hydrogens (primary N) is 2. The van der Waals surface area contributed by atoms with Gasteiger partial charge in [-0.15, -0.1) is 0 Å². The normalized spacial score (nSPS) is 10.5. The number of amides is 6. The molecule has 0 spiro atoms. The Kier molecular flexibility index (Phi) is 30.3. The Hall–Kier alpha value is -5.61. The molecule has 16 N–H and O–H groups in total. The standard InChI is InChI=1S/2C23H37N7O3.2H3N.Pt/c2*1-5-9-29-16-18(13-19(29)22(32)25-8-7-11-28(3)4)27-23(33)20-12-17(26-21(31)14-24)15-30(20)10-6-2;;;/h2*12-13,15-16H,5-11,14,24H2,1-4H3,(H,25,32)(H,26,31)(H,27,33);2*1H3;. The van der Waals surface area contributed by atoms with Crippen LogP contribution in [0.5, 0.6) is 0 Å². The minimum absolute atomic E-state index is 0. The van der Waals surface area contributed by atoms with Gasteiger partial charge in [0.05, 0.1) is 35.8 Å². The fourth-order valence-corrected chi connectivity index (χ4v) is 6.97. The molecule has 4 aromatic heterocycles. The molecule has 0 saturated heterocycles. The Labute approximate surface area is 421 Å². The molecule has 0 fully saturated rings. The summed E-state index contributed by atoms with van der Waals surface area (Å²) in [5.41, 5.74) is 14.7. The van der Waals surface area contributed by atoms with Crippen molar-refractivity contribution in [2.75, 3.05) is 88.7 Å². The molecular weight excluding hydrogens is 1070 g/mol. The van der Waals surface area contributed by atoms with Crippen LogP contribution in [0.15, 0.2) is 49.1 Å². The summed E-state index contributed by atoms with van der Waals surface area (Å²) < 4.78 is 7.30. The second-order valence-corrected chi connectivity index (χ2v) is 16.5. The van der Waals surface area contributed by atoms with Gasteiger partial charge in [-0.1, -0.05) is 27.7 Å². The number of aromatic nitrogens is 4. The molecule has 390 valence electrons. The molecule has 4 aromatic rings. The molecule has 4 rings (SSSR count). The number of nitrogens with one attached hydrogen (secondary N) is 6. The fourth-order valence-electron chi connectivity index (χ4n) is 6.97. The van der Waals surface area contributed by atoms with Gasteiger partial charge in [0.1, 0.15) is 22.8 Å². The molecule has 0 atom stereocenters. The molecule has 0 aliphatic carbocycles. The summed E-state index contributed by atoms with van der Waals surface area (Å²) >= 11 is 0. The molecule has 0 saturated carbocycles. The minimum atomic E-state index is -0.325. The number of hydrogen-bond acceptors (Lipinski definition) is 12. The van der Waals surface area contributed by atoms with Crippen LogP contribution in [0.3, 0.4) is 0 Å². The molecule has 0 bridgehead atoms. The zero-order valence-corrected chi connectivity index (χ0v) is 44.2. The largest absolute Gasteiger partial charge is 0.351 e. The second kappa shape index (κ2) is 33.0. The van der Waals surface area contributed by atoms with Crippen molar-refractivity contribution < 1.29 is 49.8 Å². The summed E-state index contributed by atoms with van der Waals surface area (Å²) in [4.78, 5) is 78.9. The van der Waals surface area contributed by atoms with E-state index in [-0.39, 0.29) is 81.9 Å². The number of aryl methyl sites for hydroxylation is 4. The third kappa shape index (κ3) is 20.9. The van der Waals surface area contributed by atoms with Gasteiger partial charge >= 0.3 is 0 Å². The fraction of sp³-hybridized carbons (Fsp3) is 0.522.